The van der Waals surface area contributed by atoms with E-state index in [4.69, 9.17) is 5.73 Å². The average Bonchev–Trinajstić information content (AvgIpc) is 3.15. The number of hydrogen-bond donors (Lipinski definition) is 2. The lowest BCUT2D eigenvalue weighted by Crippen LogP contribution is -2.51. The highest BCUT2D eigenvalue weighted by molar-refractivity contribution is 5.85. The summed E-state index contributed by atoms with van der Waals surface area (Å²) in [6, 6.07) is 0.0417. The maximum absolute atomic E-state index is 12.9. The predicted molar refractivity (Wildman–Crippen MR) is 96.8 cm³/mol. The van der Waals surface area contributed by atoms with E-state index in [0.717, 1.165) is 51.6 Å². The molecule has 3 rings (SSSR count). The van der Waals surface area contributed by atoms with Crippen LogP contribution in [0.2, 0.25) is 0 Å². The normalized spacial score (nSPS) is 34.8. The van der Waals surface area contributed by atoms with Gasteiger partial charge < -0.3 is 16.0 Å². The number of carbonyl (C=O) groups is 2. The van der Waals surface area contributed by atoms with E-state index >= 15 is 0 Å². The molecule has 0 aromatic heterocycles. The maximum atomic E-state index is 12.9. The summed E-state index contributed by atoms with van der Waals surface area (Å²) in [6.07, 6.45) is 7.39. The highest BCUT2D eigenvalue weighted by Crippen LogP contribution is 2.48. The second kappa shape index (κ2) is 8.52. The highest BCUT2D eigenvalue weighted by atomic mass is 35.5. The van der Waals surface area contributed by atoms with Gasteiger partial charge in [-0.25, -0.2) is 0 Å². The Kier molecular flexibility index (Phi) is 6.93. The van der Waals surface area contributed by atoms with Crippen LogP contribution in [0.5, 0.6) is 0 Å². The third-order valence-corrected chi connectivity index (χ3v) is 6.20. The molecule has 3 N–H and O–H groups in total. The molecule has 5 atom stereocenters. The van der Waals surface area contributed by atoms with Gasteiger partial charge in [-0.3, -0.25) is 9.59 Å². The van der Waals surface area contributed by atoms with Gasteiger partial charge in [-0.2, -0.15) is 0 Å². The zero-order valence-corrected chi connectivity index (χ0v) is 15.5. The second-order valence-electron chi connectivity index (χ2n) is 7.70. The maximum Gasteiger partial charge on any atom is 0.227 e. The summed E-state index contributed by atoms with van der Waals surface area (Å²) in [5, 5.41) is 3.02. The molecule has 3 fully saturated rings. The molecule has 0 aromatic rings. The Labute approximate surface area is 151 Å². The van der Waals surface area contributed by atoms with Crippen molar-refractivity contribution in [3.63, 3.8) is 0 Å². The predicted octanol–water partition coefficient (Wildman–Crippen LogP) is 1.94. The van der Waals surface area contributed by atoms with Gasteiger partial charge in [0.05, 0.1) is 11.8 Å². The van der Waals surface area contributed by atoms with Crippen molar-refractivity contribution < 1.29 is 9.59 Å². The van der Waals surface area contributed by atoms with Gasteiger partial charge in [-0.15, -0.1) is 12.4 Å². The number of piperidine rings is 1. The number of likely N-dealkylation sites (tertiary alicyclic amines) is 1. The molecule has 24 heavy (non-hydrogen) atoms. The Morgan fingerprint density at radius 1 is 1.21 bits per heavy atom. The zero-order valence-electron chi connectivity index (χ0n) is 14.7. The Balaban J connectivity index is 0.00000208. The van der Waals surface area contributed by atoms with Gasteiger partial charge >= 0.3 is 0 Å². The van der Waals surface area contributed by atoms with Crippen LogP contribution in [0.3, 0.4) is 0 Å². The molecule has 2 bridgehead atoms. The molecule has 0 radical (unpaired) electrons. The number of nitrogens with two attached hydrogens (primary N) is 1. The number of unbranched alkanes of at least 4 members (excludes halogenated alkanes) is 1. The first-order chi connectivity index (χ1) is 11.1. The van der Waals surface area contributed by atoms with Crippen molar-refractivity contribution in [1.82, 2.24) is 10.2 Å². The van der Waals surface area contributed by atoms with Crippen LogP contribution < -0.4 is 11.1 Å². The van der Waals surface area contributed by atoms with Crippen LogP contribution in [-0.4, -0.2) is 42.4 Å². The Bertz CT molecular complexity index is 458. The van der Waals surface area contributed by atoms with Crippen molar-refractivity contribution in [2.75, 3.05) is 19.6 Å². The fraction of sp³-hybridized carbons (Fsp3) is 0.889. The minimum absolute atomic E-state index is 0. The largest absolute Gasteiger partial charge is 0.356 e. The zero-order chi connectivity index (χ0) is 16.4. The van der Waals surface area contributed by atoms with Crippen LogP contribution >= 0.6 is 12.4 Å². The Hall–Kier alpha value is -0.810. The molecule has 5 unspecified atom stereocenters. The Morgan fingerprint density at radius 2 is 1.96 bits per heavy atom. The number of amides is 2. The van der Waals surface area contributed by atoms with Gasteiger partial charge in [-0.1, -0.05) is 13.3 Å². The number of carbonyl (C=O) groups excluding carboxylic acids is 2. The number of rotatable bonds is 5. The van der Waals surface area contributed by atoms with Gasteiger partial charge in [0, 0.05) is 25.7 Å². The van der Waals surface area contributed by atoms with E-state index in [2.05, 4.69) is 12.2 Å². The summed E-state index contributed by atoms with van der Waals surface area (Å²) in [4.78, 5) is 27.2. The molecule has 3 aliphatic rings. The lowest BCUT2D eigenvalue weighted by atomic mass is 9.83. The molecule has 6 heteroatoms. The van der Waals surface area contributed by atoms with E-state index in [0.29, 0.717) is 18.4 Å². The van der Waals surface area contributed by atoms with Crippen molar-refractivity contribution in [1.29, 1.82) is 0 Å². The van der Waals surface area contributed by atoms with Gasteiger partial charge in [0.25, 0.3) is 0 Å². The van der Waals surface area contributed by atoms with Crippen molar-refractivity contribution in [2.45, 2.75) is 57.9 Å². The molecule has 1 saturated heterocycles. The SMILES string of the molecule is CCCCNC(=O)C1CCCN(C(=O)C2C3CCC(C3)C2N)C1.Cl. The summed E-state index contributed by atoms with van der Waals surface area (Å²) in [6.45, 7) is 4.23. The Morgan fingerprint density at radius 3 is 2.62 bits per heavy atom. The highest BCUT2D eigenvalue weighted by Gasteiger charge is 2.50. The van der Waals surface area contributed by atoms with E-state index in [1.165, 1.54) is 6.42 Å². The fourth-order valence-electron chi connectivity index (χ4n) is 4.84. The van der Waals surface area contributed by atoms with Gasteiger partial charge in [0.15, 0.2) is 0 Å². The molecule has 0 spiro atoms. The average molecular weight is 358 g/mol. The van der Waals surface area contributed by atoms with Crippen molar-refractivity contribution in [3.8, 4) is 0 Å². The van der Waals surface area contributed by atoms with E-state index in [1.807, 2.05) is 4.90 Å². The van der Waals surface area contributed by atoms with Gasteiger partial charge in [-0.05, 0) is 50.4 Å². The minimum atomic E-state index is -0.0422. The molecule has 0 aromatic carbocycles. The lowest BCUT2D eigenvalue weighted by molar-refractivity contribution is -0.141. The van der Waals surface area contributed by atoms with Crippen LogP contribution in [0, 0.1) is 23.7 Å². The first-order valence-electron chi connectivity index (χ1n) is 9.44. The standard InChI is InChI=1S/C18H31N3O2.ClH/c1-2-3-8-20-17(22)14-5-4-9-21(11-14)18(23)15-12-6-7-13(10-12)16(15)19;/h12-16H,2-11,19H2,1H3,(H,20,22);1H. The van der Waals surface area contributed by atoms with Gasteiger partial charge in [0.2, 0.25) is 11.8 Å². The molecular formula is C18H32ClN3O2. The fourth-order valence-corrected chi connectivity index (χ4v) is 4.84. The van der Waals surface area contributed by atoms with Gasteiger partial charge in [0.1, 0.15) is 0 Å². The van der Waals surface area contributed by atoms with Crippen LogP contribution in [0.15, 0.2) is 0 Å². The smallest absolute Gasteiger partial charge is 0.227 e. The number of nitrogens with one attached hydrogen (secondary N) is 1. The molecule has 1 heterocycles. The first kappa shape index (κ1) is 19.5. The number of fused-ring (bicyclic) bond motifs is 2. The van der Waals surface area contributed by atoms with E-state index in [9.17, 15) is 9.59 Å². The summed E-state index contributed by atoms with van der Waals surface area (Å²) in [5.74, 6) is 1.34. The monoisotopic (exact) mass is 357 g/mol. The van der Waals surface area contributed by atoms with Crippen LogP contribution in [0.4, 0.5) is 0 Å². The molecule has 2 saturated carbocycles. The van der Waals surface area contributed by atoms with Crippen molar-refractivity contribution in [3.05, 3.63) is 0 Å². The van der Waals surface area contributed by atoms with E-state index < -0.39 is 0 Å². The van der Waals surface area contributed by atoms with Crippen LogP contribution in [-0.2, 0) is 9.59 Å². The third-order valence-electron chi connectivity index (χ3n) is 6.20. The molecule has 2 amide bonds. The number of nitrogens with zero attached hydrogens (tertiary/aromatic N) is 1. The van der Waals surface area contributed by atoms with Crippen molar-refractivity contribution in [2.24, 2.45) is 29.4 Å². The second-order valence-corrected chi connectivity index (χ2v) is 7.70. The summed E-state index contributed by atoms with van der Waals surface area (Å²) >= 11 is 0. The summed E-state index contributed by atoms with van der Waals surface area (Å²) < 4.78 is 0. The summed E-state index contributed by atoms with van der Waals surface area (Å²) in [5.41, 5.74) is 6.32. The first-order valence-corrected chi connectivity index (χ1v) is 9.44. The molecule has 138 valence electrons. The van der Waals surface area contributed by atoms with Crippen molar-refractivity contribution >= 4 is 24.2 Å². The minimum Gasteiger partial charge on any atom is -0.356 e. The van der Waals surface area contributed by atoms with Crippen LogP contribution in [0.1, 0.15) is 51.9 Å². The van der Waals surface area contributed by atoms with E-state index in [-0.39, 0.29) is 42.1 Å². The number of halogens is 1. The number of hydrogen-bond acceptors (Lipinski definition) is 3. The molecule has 1 aliphatic heterocycles. The van der Waals surface area contributed by atoms with E-state index in [1.54, 1.807) is 0 Å². The molecule has 5 nitrogen and oxygen atoms in total. The lowest BCUT2D eigenvalue weighted by Gasteiger charge is -2.37. The third kappa shape index (κ3) is 3.88. The quantitative estimate of drug-likeness (QED) is 0.738. The molecular weight excluding hydrogens is 326 g/mol. The summed E-state index contributed by atoms with van der Waals surface area (Å²) in [7, 11) is 0. The topological polar surface area (TPSA) is 75.4 Å². The van der Waals surface area contributed by atoms with Crippen LogP contribution in [0.25, 0.3) is 0 Å². The molecule has 2 aliphatic carbocycles.